The Morgan fingerprint density at radius 3 is 2.65 bits per heavy atom. The zero-order chi connectivity index (χ0) is 18.8. The Bertz CT molecular complexity index is 961. The van der Waals surface area contributed by atoms with Crippen LogP contribution in [0.1, 0.15) is 5.56 Å². The highest BCUT2D eigenvalue weighted by Crippen LogP contribution is 2.34. The summed E-state index contributed by atoms with van der Waals surface area (Å²) in [5, 5.41) is 11.1. The number of ether oxygens (including phenoxy) is 1. The molecule has 2 aromatic rings. The first-order chi connectivity index (χ1) is 12.4. The summed E-state index contributed by atoms with van der Waals surface area (Å²) in [4.78, 5) is 47.6. The number of hydrogen-bond donors (Lipinski definition) is 0. The van der Waals surface area contributed by atoms with Gasteiger partial charge in [0, 0.05) is 22.7 Å². The number of benzene rings is 1. The molecule has 0 aliphatic carbocycles. The second kappa shape index (κ2) is 7.04. The summed E-state index contributed by atoms with van der Waals surface area (Å²) >= 11 is 0.714. The number of aliphatic carboxylic acids is 1. The molecule has 3 rings (SSSR count). The number of para-hydroxylation sites is 1. The highest BCUT2D eigenvalue weighted by atomic mass is 32.2. The van der Waals surface area contributed by atoms with E-state index in [1.165, 1.54) is 17.8 Å². The summed E-state index contributed by atoms with van der Waals surface area (Å²) in [6.45, 7) is -0.789. The second-order valence-corrected chi connectivity index (χ2v) is 6.44. The van der Waals surface area contributed by atoms with Crippen LogP contribution in [0, 0.1) is 0 Å². The molecular formula is C17H13N2O6S-. The standard InChI is InChI=1S/C17H14N2O6S/c1-25-15(22)9-19-16(23)13(26-17(19)24)6-10-7-18(8-14(20)21)12-5-3-2-4-11(10)12/h2-7H,8-9H2,1H3,(H,20,21)/p-1/b13-6+. The predicted molar refractivity (Wildman–Crippen MR) is 91.6 cm³/mol. The molecule has 1 saturated heterocycles. The number of nitrogens with zero attached hydrogens (tertiary/aromatic N) is 2. The van der Waals surface area contributed by atoms with Crippen molar-refractivity contribution in [2.75, 3.05) is 13.7 Å². The van der Waals surface area contributed by atoms with Crippen LogP contribution in [-0.2, 0) is 25.7 Å². The average Bonchev–Trinajstić information content (AvgIpc) is 3.07. The third-order valence-electron chi connectivity index (χ3n) is 3.79. The van der Waals surface area contributed by atoms with Crippen LogP contribution in [0.3, 0.4) is 0 Å². The van der Waals surface area contributed by atoms with Crippen molar-refractivity contribution in [1.29, 1.82) is 0 Å². The number of methoxy groups -OCH3 is 1. The zero-order valence-electron chi connectivity index (χ0n) is 13.6. The quantitative estimate of drug-likeness (QED) is 0.558. The molecule has 0 radical (unpaired) electrons. The monoisotopic (exact) mass is 373 g/mol. The summed E-state index contributed by atoms with van der Waals surface area (Å²) in [7, 11) is 1.17. The van der Waals surface area contributed by atoms with E-state index in [0.29, 0.717) is 22.8 Å². The van der Waals surface area contributed by atoms with Crippen molar-refractivity contribution in [3.05, 3.63) is 40.9 Å². The molecule has 26 heavy (non-hydrogen) atoms. The van der Waals surface area contributed by atoms with Gasteiger partial charge in [0.1, 0.15) is 6.54 Å². The third-order valence-corrected chi connectivity index (χ3v) is 4.70. The number of hydrogen-bond acceptors (Lipinski definition) is 7. The van der Waals surface area contributed by atoms with E-state index in [2.05, 4.69) is 4.74 Å². The molecule has 1 aliphatic rings. The minimum atomic E-state index is -1.24. The fourth-order valence-corrected chi connectivity index (χ4v) is 3.46. The van der Waals surface area contributed by atoms with Gasteiger partial charge in [-0.15, -0.1) is 0 Å². The topological polar surface area (TPSA) is 109 Å². The molecule has 9 heteroatoms. The van der Waals surface area contributed by atoms with Crippen molar-refractivity contribution in [2.24, 2.45) is 0 Å². The maximum absolute atomic E-state index is 12.4. The molecule has 134 valence electrons. The summed E-state index contributed by atoms with van der Waals surface area (Å²) in [5.74, 6) is -2.53. The van der Waals surface area contributed by atoms with Gasteiger partial charge >= 0.3 is 5.97 Å². The number of amides is 2. The van der Waals surface area contributed by atoms with Crippen LogP contribution in [0.4, 0.5) is 4.79 Å². The van der Waals surface area contributed by atoms with Crippen LogP contribution in [-0.4, -0.2) is 46.2 Å². The number of carboxylic acid groups (broad SMARTS) is 1. The largest absolute Gasteiger partial charge is 0.548 e. The predicted octanol–water partition coefficient (Wildman–Crippen LogP) is 0.600. The normalized spacial score (nSPS) is 15.9. The number of aromatic nitrogens is 1. The lowest BCUT2D eigenvalue weighted by molar-refractivity contribution is -0.306. The minimum Gasteiger partial charge on any atom is -0.548 e. The molecular weight excluding hydrogens is 360 g/mol. The average molecular weight is 373 g/mol. The van der Waals surface area contributed by atoms with Crippen LogP contribution in [0.25, 0.3) is 17.0 Å². The zero-order valence-corrected chi connectivity index (χ0v) is 14.4. The maximum Gasteiger partial charge on any atom is 0.325 e. The number of carbonyl (C=O) groups is 4. The number of rotatable bonds is 5. The van der Waals surface area contributed by atoms with Crippen molar-refractivity contribution in [2.45, 2.75) is 6.54 Å². The van der Waals surface area contributed by atoms with E-state index in [4.69, 9.17) is 0 Å². The highest BCUT2D eigenvalue weighted by Gasteiger charge is 2.36. The first kappa shape index (κ1) is 17.7. The van der Waals surface area contributed by atoms with Gasteiger partial charge in [0.25, 0.3) is 11.1 Å². The van der Waals surface area contributed by atoms with Crippen LogP contribution in [0.15, 0.2) is 35.4 Å². The fraction of sp³-hybridized carbons (Fsp3) is 0.176. The Morgan fingerprint density at radius 2 is 1.96 bits per heavy atom. The van der Waals surface area contributed by atoms with Crippen LogP contribution < -0.4 is 5.11 Å². The van der Waals surface area contributed by atoms with Crippen LogP contribution >= 0.6 is 11.8 Å². The lowest BCUT2D eigenvalue weighted by Gasteiger charge is -2.09. The van der Waals surface area contributed by atoms with Crippen molar-refractivity contribution < 1.29 is 29.0 Å². The van der Waals surface area contributed by atoms with Gasteiger partial charge in [0.15, 0.2) is 0 Å². The Kier molecular flexibility index (Phi) is 4.81. The van der Waals surface area contributed by atoms with Gasteiger partial charge in [-0.1, -0.05) is 18.2 Å². The number of fused-ring (bicyclic) bond motifs is 1. The van der Waals surface area contributed by atoms with E-state index in [1.54, 1.807) is 30.5 Å². The van der Waals surface area contributed by atoms with Gasteiger partial charge in [-0.2, -0.15) is 0 Å². The number of carboxylic acids is 1. The van der Waals surface area contributed by atoms with E-state index in [0.717, 1.165) is 10.3 Å². The molecule has 0 unspecified atom stereocenters. The second-order valence-electron chi connectivity index (χ2n) is 5.45. The van der Waals surface area contributed by atoms with Crippen molar-refractivity contribution in [3.8, 4) is 0 Å². The number of esters is 1. The van der Waals surface area contributed by atoms with Gasteiger partial charge in [-0.05, 0) is 23.9 Å². The molecule has 1 aromatic heterocycles. The first-order valence-corrected chi connectivity index (χ1v) is 8.32. The molecule has 1 aliphatic heterocycles. The van der Waals surface area contributed by atoms with Crippen molar-refractivity contribution in [1.82, 2.24) is 9.47 Å². The van der Waals surface area contributed by atoms with Crippen LogP contribution in [0.5, 0.6) is 0 Å². The van der Waals surface area contributed by atoms with Crippen molar-refractivity contribution in [3.63, 3.8) is 0 Å². The summed E-state index contributed by atoms with van der Waals surface area (Å²) < 4.78 is 5.98. The van der Waals surface area contributed by atoms with E-state index >= 15 is 0 Å². The Morgan fingerprint density at radius 1 is 1.23 bits per heavy atom. The van der Waals surface area contributed by atoms with Crippen LogP contribution in [0.2, 0.25) is 0 Å². The molecule has 2 heterocycles. The molecule has 1 aromatic carbocycles. The lowest BCUT2D eigenvalue weighted by Crippen LogP contribution is -2.34. The molecule has 2 amide bonds. The van der Waals surface area contributed by atoms with Gasteiger partial charge in [-0.3, -0.25) is 19.3 Å². The molecule has 0 spiro atoms. The van der Waals surface area contributed by atoms with E-state index in [1.807, 2.05) is 0 Å². The SMILES string of the molecule is COC(=O)CN1C(=O)S/C(=C/c2cn(CC(=O)[O-])c3ccccc23)C1=O. The highest BCUT2D eigenvalue weighted by molar-refractivity contribution is 8.18. The van der Waals surface area contributed by atoms with Gasteiger partial charge in [-0.25, -0.2) is 0 Å². The van der Waals surface area contributed by atoms with E-state index < -0.39 is 29.6 Å². The fourth-order valence-electron chi connectivity index (χ4n) is 2.63. The van der Waals surface area contributed by atoms with Crippen molar-refractivity contribution >= 4 is 51.8 Å². The molecule has 0 bridgehead atoms. The third kappa shape index (κ3) is 3.33. The Hall–Kier alpha value is -3.07. The smallest absolute Gasteiger partial charge is 0.325 e. The van der Waals surface area contributed by atoms with E-state index in [9.17, 15) is 24.3 Å². The molecule has 0 N–H and O–H groups in total. The summed E-state index contributed by atoms with van der Waals surface area (Å²) in [5.41, 5.74) is 1.25. The maximum atomic E-state index is 12.4. The summed E-state index contributed by atoms with van der Waals surface area (Å²) in [6, 6.07) is 7.08. The molecule has 0 saturated carbocycles. The number of thioether (sulfide) groups is 1. The first-order valence-electron chi connectivity index (χ1n) is 7.50. The van der Waals surface area contributed by atoms with Gasteiger partial charge < -0.3 is 19.2 Å². The van der Waals surface area contributed by atoms with E-state index in [-0.39, 0.29) is 11.4 Å². The number of imide groups is 1. The summed E-state index contributed by atoms with van der Waals surface area (Å²) in [6.07, 6.45) is 3.09. The number of carbonyl (C=O) groups excluding carboxylic acids is 4. The van der Waals surface area contributed by atoms with Gasteiger partial charge in [0.2, 0.25) is 0 Å². The Balaban J connectivity index is 1.98. The van der Waals surface area contributed by atoms with Gasteiger partial charge in [0.05, 0.1) is 24.5 Å². The molecule has 0 atom stereocenters. The minimum absolute atomic E-state index is 0.148. The lowest BCUT2D eigenvalue weighted by atomic mass is 10.1. The molecule has 1 fully saturated rings. The molecule has 8 nitrogen and oxygen atoms in total. The Labute approximate surface area is 152 Å².